The van der Waals surface area contributed by atoms with Crippen molar-refractivity contribution < 1.29 is 0 Å². The summed E-state index contributed by atoms with van der Waals surface area (Å²) in [4.78, 5) is 0. The van der Waals surface area contributed by atoms with Gasteiger partial charge >= 0.3 is 0 Å². The Morgan fingerprint density at radius 1 is 0.359 bits per heavy atom. The fourth-order valence-corrected chi connectivity index (χ4v) is 6.24. The molecule has 0 saturated carbocycles. The van der Waals surface area contributed by atoms with Crippen LogP contribution in [0.4, 0.5) is 0 Å². The van der Waals surface area contributed by atoms with Crippen molar-refractivity contribution in [2.24, 2.45) is 0 Å². The molecule has 0 saturated heterocycles. The van der Waals surface area contributed by atoms with Gasteiger partial charge in [0.25, 0.3) is 0 Å². The molecule has 0 radical (unpaired) electrons. The first kappa shape index (κ1) is 36.2. The maximum Gasteiger partial charge on any atom is -0.0190 e. The van der Waals surface area contributed by atoms with Crippen LogP contribution in [0.25, 0.3) is 0 Å². The molecule has 39 heavy (non-hydrogen) atoms. The lowest BCUT2D eigenvalue weighted by molar-refractivity contribution is 0.511. The average Bonchev–Trinajstić information content (AvgIpc) is 2.96. The van der Waals surface area contributed by atoms with E-state index in [2.05, 4.69) is 44.2 Å². The molecule has 0 bridgehead atoms. The van der Waals surface area contributed by atoms with E-state index in [0.717, 1.165) is 5.92 Å². The van der Waals surface area contributed by atoms with E-state index in [1.54, 1.807) is 0 Å². The molecule has 0 heteroatoms. The van der Waals surface area contributed by atoms with Gasteiger partial charge in [0.2, 0.25) is 0 Å². The summed E-state index contributed by atoms with van der Waals surface area (Å²) >= 11 is 0. The monoisotopic (exact) mass is 541 g/mol. The molecule has 1 unspecified atom stereocenters. The van der Waals surface area contributed by atoms with Gasteiger partial charge in [-0.15, -0.1) is 0 Å². The standard InChI is InChI=1S/C39H72/c1-3-4-5-6-7-8-9-10-11-12-13-14-15-16-17-18-19-20-21-22-23-24-25-26-27-28-29-30-32-35-38(2)39-36-33-31-34-37-39/h31,33-34,36-38H,3-30,32,35H2,1-2H3. The summed E-state index contributed by atoms with van der Waals surface area (Å²) in [6, 6.07) is 11.0. The fraction of sp³-hybridized carbons (Fsp3) is 0.846. The van der Waals surface area contributed by atoms with Gasteiger partial charge in [-0.05, 0) is 17.9 Å². The Morgan fingerprint density at radius 3 is 0.897 bits per heavy atom. The second-order valence-electron chi connectivity index (χ2n) is 13.0. The van der Waals surface area contributed by atoms with Crippen LogP contribution in [0.2, 0.25) is 0 Å². The molecule has 0 aliphatic rings. The highest BCUT2D eigenvalue weighted by Crippen LogP contribution is 2.22. The highest BCUT2D eigenvalue weighted by Gasteiger charge is 2.04. The number of unbranched alkanes of at least 4 members (excludes halogenated alkanes) is 28. The van der Waals surface area contributed by atoms with E-state index >= 15 is 0 Å². The molecule has 1 aromatic rings. The lowest BCUT2D eigenvalue weighted by atomic mass is 9.95. The molecule has 1 rings (SSSR count). The van der Waals surface area contributed by atoms with Crippen LogP contribution in [0.3, 0.4) is 0 Å². The maximum atomic E-state index is 2.39. The minimum atomic E-state index is 0.722. The minimum absolute atomic E-state index is 0.722. The first-order chi connectivity index (χ1) is 19.3. The largest absolute Gasteiger partial charge is 0.0654 e. The van der Waals surface area contributed by atoms with E-state index in [4.69, 9.17) is 0 Å². The summed E-state index contributed by atoms with van der Waals surface area (Å²) in [6.45, 7) is 4.69. The van der Waals surface area contributed by atoms with Crippen molar-refractivity contribution in [1.82, 2.24) is 0 Å². The third-order valence-electron chi connectivity index (χ3n) is 9.11. The molecule has 0 aliphatic carbocycles. The first-order valence-electron chi connectivity index (χ1n) is 18.4. The van der Waals surface area contributed by atoms with Crippen LogP contribution >= 0.6 is 0 Å². The molecular weight excluding hydrogens is 468 g/mol. The van der Waals surface area contributed by atoms with Crippen LogP contribution < -0.4 is 0 Å². The van der Waals surface area contributed by atoms with Crippen LogP contribution in [0, 0.1) is 0 Å². The van der Waals surface area contributed by atoms with Crippen molar-refractivity contribution in [1.29, 1.82) is 0 Å². The van der Waals surface area contributed by atoms with E-state index in [1.807, 2.05) is 0 Å². The van der Waals surface area contributed by atoms with Crippen molar-refractivity contribution in [3.05, 3.63) is 35.9 Å². The Labute approximate surface area is 247 Å². The zero-order chi connectivity index (χ0) is 27.9. The Hall–Kier alpha value is -0.780. The van der Waals surface area contributed by atoms with E-state index in [9.17, 15) is 0 Å². The van der Waals surface area contributed by atoms with Crippen molar-refractivity contribution in [3.63, 3.8) is 0 Å². The SMILES string of the molecule is CCCCCCCCCCCCCCCCCCCCCCCCCCCCCCCC(C)c1ccccc1. The summed E-state index contributed by atoms with van der Waals surface area (Å²) in [7, 11) is 0. The predicted octanol–water partition coefficient (Wildman–Crippen LogP) is 14.5. The Bertz CT molecular complexity index is 561. The van der Waals surface area contributed by atoms with Crippen molar-refractivity contribution in [2.45, 2.75) is 212 Å². The zero-order valence-corrected chi connectivity index (χ0v) is 27.2. The maximum absolute atomic E-state index is 2.39. The molecule has 0 aliphatic heterocycles. The average molecular weight is 541 g/mol. The summed E-state index contributed by atoms with van der Waals surface area (Å²) < 4.78 is 0. The van der Waals surface area contributed by atoms with Gasteiger partial charge in [0.05, 0.1) is 0 Å². The summed E-state index contributed by atoms with van der Waals surface area (Å²) in [5.74, 6) is 0.722. The lowest BCUT2D eigenvalue weighted by Crippen LogP contribution is -1.93. The van der Waals surface area contributed by atoms with E-state index < -0.39 is 0 Å². The summed E-state index contributed by atoms with van der Waals surface area (Å²) in [5.41, 5.74) is 1.51. The molecule has 0 fully saturated rings. The van der Waals surface area contributed by atoms with Gasteiger partial charge in [-0.2, -0.15) is 0 Å². The highest BCUT2D eigenvalue weighted by atomic mass is 14.1. The lowest BCUT2D eigenvalue weighted by Gasteiger charge is -2.11. The van der Waals surface area contributed by atoms with Crippen molar-refractivity contribution in [2.75, 3.05) is 0 Å². The van der Waals surface area contributed by atoms with Crippen LogP contribution in [-0.4, -0.2) is 0 Å². The van der Waals surface area contributed by atoms with E-state index in [1.165, 1.54) is 198 Å². The van der Waals surface area contributed by atoms with Gasteiger partial charge in [0, 0.05) is 0 Å². The van der Waals surface area contributed by atoms with Gasteiger partial charge in [0.1, 0.15) is 0 Å². The second kappa shape index (κ2) is 30.2. The number of rotatable bonds is 31. The van der Waals surface area contributed by atoms with E-state index in [-0.39, 0.29) is 0 Å². The molecule has 228 valence electrons. The molecular formula is C39H72. The minimum Gasteiger partial charge on any atom is -0.0654 e. The second-order valence-corrected chi connectivity index (χ2v) is 13.0. The molecule has 1 aromatic carbocycles. The fourth-order valence-electron chi connectivity index (χ4n) is 6.24. The van der Waals surface area contributed by atoms with E-state index in [0.29, 0.717) is 0 Å². The topological polar surface area (TPSA) is 0 Å². The third-order valence-corrected chi connectivity index (χ3v) is 9.11. The predicted molar refractivity (Wildman–Crippen MR) is 179 cm³/mol. The normalized spacial score (nSPS) is 12.3. The van der Waals surface area contributed by atoms with Gasteiger partial charge in [-0.1, -0.05) is 230 Å². The highest BCUT2D eigenvalue weighted by molar-refractivity contribution is 5.18. The summed E-state index contributed by atoms with van der Waals surface area (Å²) in [6.07, 6.45) is 44.0. The molecule has 0 aromatic heterocycles. The quantitative estimate of drug-likeness (QED) is 0.0821. The van der Waals surface area contributed by atoms with Crippen molar-refractivity contribution in [3.8, 4) is 0 Å². The molecule has 0 spiro atoms. The Morgan fingerprint density at radius 2 is 0.615 bits per heavy atom. The number of hydrogen-bond acceptors (Lipinski definition) is 0. The Kier molecular flexibility index (Phi) is 28.1. The van der Waals surface area contributed by atoms with Crippen LogP contribution in [0.1, 0.15) is 218 Å². The number of hydrogen-bond donors (Lipinski definition) is 0. The first-order valence-corrected chi connectivity index (χ1v) is 18.4. The summed E-state index contributed by atoms with van der Waals surface area (Å²) in [5, 5.41) is 0. The Balaban J connectivity index is 1.65. The van der Waals surface area contributed by atoms with Gasteiger partial charge in [-0.25, -0.2) is 0 Å². The zero-order valence-electron chi connectivity index (χ0n) is 27.2. The molecule has 0 amide bonds. The van der Waals surface area contributed by atoms with Crippen LogP contribution in [0.5, 0.6) is 0 Å². The number of benzene rings is 1. The smallest absolute Gasteiger partial charge is 0.0190 e. The van der Waals surface area contributed by atoms with Crippen LogP contribution in [0.15, 0.2) is 30.3 Å². The van der Waals surface area contributed by atoms with Gasteiger partial charge in [-0.3, -0.25) is 0 Å². The molecule has 0 N–H and O–H groups in total. The third kappa shape index (κ3) is 25.9. The van der Waals surface area contributed by atoms with Crippen molar-refractivity contribution >= 4 is 0 Å². The van der Waals surface area contributed by atoms with Crippen LogP contribution in [-0.2, 0) is 0 Å². The van der Waals surface area contributed by atoms with Gasteiger partial charge in [0.15, 0.2) is 0 Å². The molecule has 1 atom stereocenters. The molecule has 0 heterocycles. The molecule has 0 nitrogen and oxygen atoms in total. The van der Waals surface area contributed by atoms with Gasteiger partial charge < -0.3 is 0 Å².